The smallest absolute Gasteiger partial charge is 0.191 e. The van der Waals surface area contributed by atoms with Crippen LogP contribution in [0.1, 0.15) is 22.5 Å². The Morgan fingerprint density at radius 3 is 2.69 bits per heavy atom. The zero-order valence-electron chi connectivity index (χ0n) is 14.8. The minimum atomic E-state index is 0.371. The zero-order valence-corrected chi connectivity index (χ0v) is 17.1. The maximum atomic E-state index is 6.23. The number of halogens is 2. The lowest BCUT2D eigenvalue weighted by atomic mass is 10.1. The molecule has 1 heterocycles. The van der Waals surface area contributed by atoms with Gasteiger partial charge in [-0.1, -0.05) is 53.2 Å². The second kappa shape index (κ2) is 8.33. The van der Waals surface area contributed by atoms with E-state index in [4.69, 9.17) is 27.9 Å². The first kappa shape index (κ1) is 19.1. The van der Waals surface area contributed by atoms with E-state index in [-0.39, 0.29) is 0 Å². The van der Waals surface area contributed by atoms with Crippen LogP contribution in [-0.2, 0) is 19.4 Å². The number of hydrogen-bond donors (Lipinski definition) is 0. The van der Waals surface area contributed by atoms with E-state index in [1.165, 1.54) is 5.56 Å². The second-order valence-electron chi connectivity index (χ2n) is 5.97. The molecule has 0 amide bonds. The third-order valence-electron chi connectivity index (χ3n) is 4.21. The molecule has 0 aliphatic rings. The summed E-state index contributed by atoms with van der Waals surface area (Å²) in [5.74, 6) is 2.34. The van der Waals surface area contributed by atoms with E-state index in [0.29, 0.717) is 22.4 Å². The SMILES string of the molecule is Cc1cccc(OCc2nnc(SCc3ccc(Cl)cc3Cl)n2C)c1C. The molecule has 0 atom stereocenters. The second-order valence-corrected chi connectivity index (χ2v) is 7.76. The van der Waals surface area contributed by atoms with E-state index < -0.39 is 0 Å². The van der Waals surface area contributed by atoms with Gasteiger partial charge in [-0.15, -0.1) is 10.2 Å². The monoisotopic (exact) mass is 407 g/mol. The van der Waals surface area contributed by atoms with Gasteiger partial charge in [-0.3, -0.25) is 0 Å². The molecule has 0 spiro atoms. The summed E-state index contributed by atoms with van der Waals surface area (Å²) in [7, 11) is 1.94. The molecule has 0 radical (unpaired) electrons. The summed E-state index contributed by atoms with van der Waals surface area (Å²) in [4.78, 5) is 0. The summed E-state index contributed by atoms with van der Waals surface area (Å²) in [6, 6.07) is 11.5. The fraction of sp³-hybridized carbons (Fsp3) is 0.263. The average molecular weight is 408 g/mol. The van der Waals surface area contributed by atoms with Gasteiger partial charge in [0.25, 0.3) is 0 Å². The van der Waals surface area contributed by atoms with Crippen molar-refractivity contribution in [1.29, 1.82) is 0 Å². The van der Waals surface area contributed by atoms with Crippen molar-refractivity contribution in [1.82, 2.24) is 14.8 Å². The first-order chi connectivity index (χ1) is 12.5. The van der Waals surface area contributed by atoms with E-state index in [9.17, 15) is 0 Å². The summed E-state index contributed by atoms with van der Waals surface area (Å²) in [6.45, 7) is 4.50. The van der Waals surface area contributed by atoms with Gasteiger partial charge >= 0.3 is 0 Å². The van der Waals surface area contributed by atoms with E-state index in [2.05, 4.69) is 30.1 Å². The molecule has 0 aliphatic carbocycles. The molecule has 3 aromatic rings. The highest BCUT2D eigenvalue weighted by Crippen LogP contribution is 2.28. The Hall–Kier alpha value is -1.69. The van der Waals surface area contributed by atoms with Crippen molar-refractivity contribution >= 4 is 35.0 Å². The molecule has 0 fully saturated rings. The number of benzene rings is 2. The first-order valence-electron chi connectivity index (χ1n) is 8.09. The maximum Gasteiger partial charge on any atom is 0.191 e. The maximum absolute atomic E-state index is 6.23. The molecule has 1 aromatic heterocycles. The molecule has 0 unspecified atom stereocenters. The number of nitrogens with zero attached hydrogens (tertiary/aromatic N) is 3. The van der Waals surface area contributed by atoms with Crippen LogP contribution in [0, 0.1) is 13.8 Å². The largest absolute Gasteiger partial charge is 0.485 e. The zero-order chi connectivity index (χ0) is 18.7. The molecule has 26 heavy (non-hydrogen) atoms. The molecule has 4 nitrogen and oxygen atoms in total. The number of aryl methyl sites for hydroxylation is 1. The molecule has 0 saturated carbocycles. The van der Waals surface area contributed by atoms with Gasteiger partial charge in [-0.25, -0.2) is 0 Å². The van der Waals surface area contributed by atoms with Gasteiger partial charge in [-0.2, -0.15) is 0 Å². The Morgan fingerprint density at radius 2 is 1.92 bits per heavy atom. The van der Waals surface area contributed by atoms with Gasteiger partial charge in [0.05, 0.1) is 0 Å². The minimum Gasteiger partial charge on any atom is -0.485 e. The number of thioether (sulfide) groups is 1. The summed E-state index contributed by atoms with van der Waals surface area (Å²) in [5, 5.41) is 10.6. The van der Waals surface area contributed by atoms with E-state index in [1.807, 2.05) is 35.9 Å². The Kier molecular flexibility index (Phi) is 6.12. The number of rotatable bonds is 6. The minimum absolute atomic E-state index is 0.371. The molecular weight excluding hydrogens is 389 g/mol. The number of hydrogen-bond acceptors (Lipinski definition) is 4. The van der Waals surface area contributed by atoms with Crippen LogP contribution < -0.4 is 4.74 Å². The molecule has 0 bridgehead atoms. The van der Waals surface area contributed by atoms with Crippen molar-refractivity contribution in [2.45, 2.75) is 31.4 Å². The third-order valence-corrected chi connectivity index (χ3v) is 5.86. The van der Waals surface area contributed by atoms with Crippen LogP contribution in [0.2, 0.25) is 10.0 Å². The first-order valence-corrected chi connectivity index (χ1v) is 9.84. The normalized spacial score (nSPS) is 11.0. The van der Waals surface area contributed by atoms with Crippen LogP contribution in [-0.4, -0.2) is 14.8 Å². The Balaban J connectivity index is 1.65. The lowest BCUT2D eigenvalue weighted by molar-refractivity contribution is 0.288. The lowest BCUT2D eigenvalue weighted by Crippen LogP contribution is -2.05. The molecule has 0 saturated heterocycles. The number of aromatic nitrogens is 3. The standard InChI is InChI=1S/C19H19Cl2N3OS/c1-12-5-4-6-17(13(12)2)25-10-18-22-23-19(24(18)3)26-11-14-7-8-15(20)9-16(14)21/h4-9H,10-11H2,1-3H3. The van der Waals surface area contributed by atoms with Crippen molar-refractivity contribution in [3.05, 3.63) is 69.0 Å². The van der Waals surface area contributed by atoms with E-state index in [1.54, 1.807) is 17.8 Å². The average Bonchev–Trinajstić information content (AvgIpc) is 2.95. The van der Waals surface area contributed by atoms with E-state index >= 15 is 0 Å². The van der Waals surface area contributed by atoms with Crippen LogP contribution >= 0.6 is 35.0 Å². The highest BCUT2D eigenvalue weighted by molar-refractivity contribution is 7.98. The molecule has 136 valence electrons. The fourth-order valence-electron chi connectivity index (χ4n) is 2.40. The van der Waals surface area contributed by atoms with Crippen LogP contribution in [0.25, 0.3) is 0 Å². The Bertz CT molecular complexity index is 927. The summed E-state index contributed by atoms with van der Waals surface area (Å²) in [5.41, 5.74) is 3.36. The number of ether oxygens (including phenoxy) is 1. The van der Waals surface area contributed by atoms with E-state index in [0.717, 1.165) is 27.9 Å². The van der Waals surface area contributed by atoms with Crippen molar-refractivity contribution in [3.63, 3.8) is 0 Å². The van der Waals surface area contributed by atoms with Gasteiger partial charge in [0.15, 0.2) is 11.0 Å². The molecule has 0 aliphatic heterocycles. The van der Waals surface area contributed by atoms with Gasteiger partial charge in [0.1, 0.15) is 12.4 Å². The predicted octanol–water partition coefficient (Wildman–Crippen LogP) is 5.61. The highest BCUT2D eigenvalue weighted by Gasteiger charge is 2.12. The van der Waals surface area contributed by atoms with Crippen LogP contribution in [0.4, 0.5) is 0 Å². The Morgan fingerprint density at radius 1 is 1.12 bits per heavy atom. The summed E-state index contributed by atoms with van der Waals surface area (Å²) in [6.07, 6.45) is 0. The van der Waals surface area contributed by atoms with Crippen LogP contribution in [0.15, 0.2) is 41.6 Å². The Labute approximate surface area is 167 Å². The third kappa shape index (κ3) is 4.34. The predicted molar refractivity (Wildman–Crippen MR) is 107 cm³/mol. The quantitative estimate of drug-likeness (QED) is 0.497. The fourth-order valence-corrected chi connectivity index (χ4v) is 3.89. The van der Waals surface area contributed by atoms with Gasteiger partial charge < -0.3 is 9.30 Å². The van der Waals surface area contributed by atoms with Crippen molar-refractivity contribution in [3.8, 4) is 5.75 Å². The van der Waals surface area contributed by atoms with Crippen molar-refractivity contribution < 1.29 is 4.74 Å². The summed E-state index contributed by atoms with van der Waals surface area (Å²) < 4.78 is 7.87. The van der Waals surface area contributed by atoms with Gasteiger partial charge in [0.2, 0.25) is 0 Å². The van der Waals surface area contributed by atoms with Crippen molar-refractivity contribution in [2.75, 3.05) is 0 Å². The lowest BCUT2D eigenvalue weighted by Gasteiger charge is -2.10. The molecule has 0 N–H and O–H groups in total. The van der Waals surface area contributed by atoms with Crippen LogP contribution in [0.5, 0.6) is 5.75 Å². The molecule has 3 rings (SSSR count). The molecule has 2 aromatic carbocycles. The molecule has 7 heteroatoms. The van der Waals surface area contributed by atoms with Crippen LogP contribution in [0.3, 0.4) is 0 Å². The van der Waals surface area contributed by atoms with Gasteiger partial charge in [0, 0.05) is 22.8 Å². The molecular formula is C19H19Cl2N3OS. The van der Waals surface area contributed by atoms with Gasteiger partial charge in [-0.05, 0) is 48.7 Å². The summed E-state index contributed by atoms with van der Waals surface area (Å²) >= 11 is 13.7. The van der Waals surface area contributed by atoms with Crippen molar-refractivity contribution in [2.24, 2.45) is 7.05 Å². The highest BCUT2D eigenvalue weighted by atomic mass is 35.5. The topological polar surface area (TPSA) is 39.9 Å².